The van der Waals surface area contributed by atoms with Crippen LogP contribution in [-0.4, -0.2) is 35.7 Å². The largest absolute Gasteiger partial charge is 0.382 e. The van der Waals surface area contributed by atoms with Gasteiger partial charge in [-0.15, -0.1) is 15.3 Å². The Balaban J connectivity index is 1.58. The third-order valence-electron chi connectivity index (χ3n) is 4.06. The smallest absolute Gasteiger partial charge is 0.274 e. The average Bonchev–Trinajstić information content (AvgIpc) is 3.11. The van der Waals surface area contributed by atoms with Gasteiger partial charge in [0.15, 0.2) is 28.8 Å². The number of hydrogen-bond acceptors (Lipinski definition) is 8. The number of carbonyl (C=O) groups excluding carboxylic acids is 1. The maximum Gasteiger partial charge on any atom is 0.274 e. The zero-order valence-electron chi connectivity index (χ0n) is 15.2. The molecule has 3 heterocycles. The standard InChI is InChI=1S/C18H16ClN9O/c1-10(23-18(29)15-16(20)22-8-7-21-15)17-26-25-14-6-5-13(27-28(14)17)24-12-4-2-3-11(19)9-12/h2-10H,1H3,(H2,20,22)(H,23,29)(H,24,27)/t10-/m1/s1. The zero-order chi connectivity index (χ0) is 20.4. The number of nitrogens with one attached hydrogen (secondary N) is 2. The maximum absolute atomic E-state index is 12.5. The van der Waals surface area contributed by atoms with Crippen molar-refractivity contribution in [1.29, 1.82) is 0 Å². The molecule has 3 aromatic heterocycles. The number of halogens is 1. The summed E-state index contributed by atoms with van der Waals surface area (Å²) in [5.41, 5.74) is 7.09. The van der Waals surface area contributed by atoms with E-state index in [1.54, 1.807) is 35.7 Å². The van der Waals surface area contributed by atoms with Gasteiger partial charge in [0.25, 0.3) is 5.91 Å². The van der Waals surface area contributed by atoms with Crippen LogP contribution < -0.4 is 16.4 Å². The van der Waals surface area contributed by atoms with Gasteiger partial charge >= 0.3 is 0 Å². The van der Waals surface area contributed by atoms with Crippen LogP contribution in [-0.2, 0) is 0 Å². The van der Waals surface area contributed by atoms with Gasteiger partial charge in [0.1, 0.15) is 0 Å². The molecule has 1 amide bonds. The van der Waals surface area contributed by atoms with Gasteiger partial charge < -0.3 is 16.4 Å². The highest BCUT2D eigenvalue weighted by Gasteiger charge is 2.20. The molecule has 0 saturated carbocycles. The lowest BCUT2D eigenvalue weighted by atomic mass is 10.3. The van der Waals surface area contributed by atoms with Gasteiger partial charge in [0.2, 0.25) is 0 Å². The summed E-state index contributed by atoms with van der Waals surface area (Å²) in [4.78, 5) is 20.3. The molecule has 29 heavy (non-hydrogen) atoms. The molecule has 0 aliphatic rings. The van der Waals surface area contributed by atoms with Crippen LogP contribution in [0, 0.1) is 0 Å². The maximum atomic E-state index is 12.5. The Hall–Kier alpha value is -3.79. The number of amides is 1. The van der Waals surface area contributed by atoms with Gasteiger partial charge in [0, 0.05) is 23.1 Å². The molecule has 0 aliphatic heterocycles. The van der Waals surface area contributed by atoms with Gasteiger partial charge in [-0.05, 0) is 37.3 Å². The SMILES string of the molecule is C[C@@H](NC(=O)c1nccnc1N)c1nnc2ccc(Nc3cccc(Cl)c3)nn12. The van der Waals surface area contributed by atoms with Crippen LogP contribution in [0.3, 0.4) is 0 Å². The Bertz CT molecular complexity index is 1190. The summed E-state index contributed by atoms with van der Waals surface area (Å²) in [5, 5.41) is 19.3. The normalized spacial score (nSPS) is 11.9. The number of nitrogen functional groups attached to an aromatic ring is 1. The summed E-state index contributed by atoms with van der Waals surface area (Å²) in [7, 11) is 0. The third kappa shape index (κ3) is 3.92. The summed E-state index contributed by atoms with van der Waals surface area (Å²) in [6.07, 6.45) is 2.82. The fourth-order valence-corrected chi connectivity index (χ4v) is 2.90. The van der Waals surface area contributed by atoms with Crippen LogP contribution in [0.1, 0.15) is 29.3 Å². The van der Waals surface area contributed by atoms with Gasteiger partial charge in [-0.25, -0.2) is 9.97 Å². The molecule has 4 N–H and O–H groups in total. The number of rotatable bonds is 5. The molecule has 146 valence electrons. The quantitative estimate of drug-likeness (QED) is 0.457. The van der Waals surface area contributed by atoms with E-state index < -0.39 is 11.9 Å². The van der Waals surface area contributed by atoms with E-state index in [4.69, 9.17) is 17.3 Å². The van der Waals surface area contributed by atoms with E-state index in [9.17, 15) is 4.79 Å². The zero-order valence-corrected chi connectivity index (χ0v) is 16.0. The Morgan fingerprint density at radius 3 is 2.79 bits per heavy atom. The predicted octanol–water partition coefficient (Wildman–Crippen LogP) is 2.38. The van der Waals surface area contributed by atoms with Crippen LogP contribution in [0.4, 0.5) is 17.3 Å². The average molecular weight is 410 g/mol. The molecule has 1 aromatic carbocycles. The molecule has 0 unspecified atom stereocenters. The number of hydrogen-bond donors (Lipinski definition) is 3. The fourth-order valence-electron chi connectivity index (χ4n) is 2.71. The number of carbonyl (C=O) groups is 1. The van der Waals surface area contributed by atoms with Crippen molar-refractivity contribution >= 4 is 40.5 Å². The van der Waals surface area contributed by atoms with Crippen molar-refractivity contribution in [2.24, 2.45) is 0 Å². The van der Waals surface area contributed by atoms with Crippen molar-refractivity contribution in [3.05, 3.63) is 65.3 Å². The van der Waals surface area contributed by atoms with Crippen molar-refractivity contribution < 1.29 is 4.79 Å². The highest BCUT2D eigenvalue weighted by molar-refractivity contribution is 6.30. The first-order chi connectivity index (χ1) is 14.0. The lowest BCUT2D eigenvalue weighted by molar-refractivity contribution is 0.0933. The van der Waals surface area contributed by atoms with Crippen LogP contribution in [0.15, 0.2) is 48.8 Å². The first-order valence-corrected chi connectivity index (χ1v) is 9.01. The summed E-state index contributed by atoms with van der Waals surface area (Å²) >= 11 is 6.02. The highest BCUT2D eigenvalue weighted by atomic mass is 35.5. The van der Waals surface area contributed by atoms with Crippen molar-refractivity contribution in [3.63, 3.8) is 0 Å². The molecule has 11 heteroatoms. The van der Waals surface area contributed by atoms with E-state index in [-0.39, 0.29) is 11.5 Å². The molecule has 4 rings (SSSR count). The van der Waals surface area contributed by atoms with E-state index in [2.05, 4.69) is 35.9 Å². The molecule has 1 atom stereocenters. The highest BCUT2D eigenvalue weighted by Crippen LogP contribution is 2.20. The molecular formula is C18H16ClN9O. The number of nitrogens with two attached hydrogens (primary N) is 1. The van der Waals surface area contributed by atoms with Crippen LogP contribution in [0.5, 0.6) is 0 Å². The minimum absolute atomic E-state index is 0.0458. The number of nitrogens with zero attached hydrogens (tertiary/aromatic N) is 6. The lowest BCUT2D eigenvalue weighted by Crippen LogP contribution is -2.29. The topological polar surface area (TPSA) is 136 Å². The second kappa shape index (κ2) is 7.68. The molecular weight excluding hydrogens is 394 g/mol. The monoisotopic (exact) mass is 409 g/mol. The van der Waals surface area contributed by atoms with Crippen LogP contribution in [0.25, 0.3) is 5.65 Å². The second-order valence-corrected chi connectivity index (χ2v) is 6.60. The minimum Gasteiger partial charge on any atom is -0.382 e. The molecule has 0 bridgehead atoms. The molecule has 10 nitrogen and oxygen atoms in total. The summed E-state index contributed by atoms with van der Waals surface area (Å²) in [6.45, 7) is 1.76. The Morgan fingerprint density at radius 2 is 2.00 bits per heavy atom. The fraction of sp³-hybridized carbons (Fsp3) is 0.111. The molecule has 0 spiro atoms. The third-order valence-corrected chi connectivity index (χ3v) is 4.30. The number of anilines is 3. The first kappa shape index (κ1) is 18.6. The van der Waals surface area contributed by atoms with Gasteiger partial charge in [0.05, 0.1) is 6.04 Å². The first-order valence-electron chi connectivity index (χ1n) is 8.63. The van der Waals surface area contributed by atoms with Gasteiger partial charge in [-0.2, -0.15) is 4.52 Å². The predicted molar refractivity (Wildman–Crippen MR) is 108 cm³/mol. The van der Waals surface area contributed by atoms with E-state index in [1.165, 1.54) is 12.4 Å². The number of aromatic nitrogens is 6. The van der Waals surface area contributed by atoms with E-state index in [0.717, 1.165) is 5.69 Å². The van der Waals surface area contributed by atoms with Crippen molar-refractivity contribution in [1.82, 2.24) is 35.1 Å². The van der Waals surface area contributed by atoms with E-state index in [0.29, 0.717) is 22.3 Å². The molecule has 0 saturated heterocycles. The van der Waals surface area contributed by atoms with E-state index >= 15 is 0 Å². The molecule has 0 radical (unpaired) electrons. The minimum atomic E-state index is -0.507. The Labute approximate surface area is 170 Å². The lowest BCUT2D eigenvalue weighted by Gasteiger charge is -2.12. The number of fused-ring (bicyclic) bond motifs is 1. The molecule has 0 aliphatic carbocycles. The summed E-state index contributed by atoms with van der Waals surface area (Å²) in [6, 6.07) is 10.3. The van der Waals surface area contributed by atoms with Gasteiger partial charge in [-0.3, -0.25) is 4.79 Å². The van der Waals surface area contributed by atoms with Gasteiger partial charge in [-0.1, -0.05) is 17.7 Å². The van der Waals surface area contributed by atoms with Crippen molar-refractivity contribution in [2.45, 2.75) is 13.0 Å². The Kier molecular flexibility index (Phi) is 4.92. The van der Waals surface area contributed by atoms with Crippen LogP contribution >= 0.6 is 11.6 Å². The molecule has 4 aromatic rings. The summed E-state index contributed by atoms with van der Waals surface area (Å²) < 4.78 is 1.55. The second-order valence-electron chi connectivity index (χ2n) is 6.17. The Morgan fingerprint density at radius 1 is 1.17 bits per heavy atom. The van der Waals surface area contributed by atoms with Crippen molar-refractivity contribution in [2.75, 3.05) is 11.1 Å². The van der Waals surface area contributed by atoms with Crippen molar-refractivity contribution in [3.8, 4) is 0 Å². The van der Waals surface area contributed by atoms with E-state index in [1.807, 2.05) is 12.1 Å². The summed E-state index contributed by atoms with van der Waals surface area (Å²) in [5.74, 6) is 0.602. The number of benzene rings is 1. The molecule has 0 fully saturated rings. The van der Waals surface area contributed by atoms with Crippen LogP contribution in [0.2, 0.25) is 5.02 Å².